The van der Waals surface area contributed by atoms with Crippen molar-refractivity contribution in [2.45, 2.75) is 6.54 Å². The maximum Gasteiger partial charge on any atom is 0.215 e. The summed E-state index contributed by atoms with van der Waals surface area (Å²) in [5.41, 5.74) is 6.18. The minimum Gasteiger partial charge on any atom is -0.490 e. The Morgan fingerprint density at radius 3 is 2.85 bits per heavy atom. The van der Waals surface area contributed by atoms with Crippen LogP contribution in [0.1, 0.15) is 5.01 Å². The molecule has 0 aliphatic rings. The zero-order valence-electron chi connectivity index (χ0n) is 10.7. The standard InChI is InChI=1S/C12H15N3O3S2/c13-10-3-1-2-4-11(10)18-6-8-20(16,17)15-9-12-14-5-7-19-12/h1-5,7,15H,6,8-9,13H2. The Kier molecular flexibility index (Phi) is 4.94. The highest BCUT2D eigenvalue weighted by molar-refractivity contribution is 7.89. The SMILES string of the molecule is Nc1ccccc1OCCS(=O)(=O)NCc1nccs1. The first-order chi connectivity index (χ1) is 9.57. The normalized spacial score (nSPS) is 11.4. The van der Waals surface area contributed by atoms with E-state index in [9.17, 15) is 8.42 Å². The Labute approximate surface area is 121 Å². The third-order valence-electron chi connectivity index (χ3n) is 2.46. The van der Waals surface area contributed by atoms with Crippen LogP contribution in [0.4, 0.5) is 5.69 Å². The largest absolute Gasteiger partial charge is 0.490 e. The summed E-state index contributed by atoms with van der Waals surface area (Å²) in [6.07, 6.45) is 1.63. The van der Waals surface area contributed by atoms with Gasteiger partial charge in [0.2, 0.25) is 10.0 Å². The van der Waals surface area contributed by atoms with Crippen molar-refractivity contribution in [3.05, 3.63) is 40.8 Å². The Morgan fingerprint density at radius 2 is 2.15 bits per heavy atom. The molecule has 0 saturated heterocycles. The molecular weight excluding hydrogens is 298 g/mol. The summed E-state index contributed by atoms with van der Waals surface area (Å²) in [5, 5.41) is 2.52. The number of nitrogen functional groups attached to an aromatic ring is 1. The summed E-state index contributed by atoms with van der Waals surface area (Å²) in [7, 11) is -3.39. The average Bonchev–Trinajstić information content (AvgIpc) is 2.92. The monoisotopic (exact) mass is 313 g/mol. The van der Waals surface area contributed by atoms with Crippen molar-refractivity contribution in [3.8, 4) is 5.75 Å². The number of nitrogens with zero attached hydrogens (tertiary/aromatic N) is 1. The van der Waals surface area contributed by atoms with Crippen LogP contribution >= 0.6 is 11.3 Å². The summed E-state index contributed by atoms with van der Waals surface area (Å²) >= 11 is 1.40. The molecule has 0 radical (unpaired) electrons. The molecule has 0 fully saturated rings. The van der Waals surface area contributed by atoms with E-state index in [0.29, 0.717) is 11.4 Å². The van der Waals surface area contributed by atoms with Crippen LogP contribution in [0, 0.1) is 0 Å². The maximum atomic E-state index is 11.8. The molecule has 8 heteroatoms. The number of sulfonamides is 1. The molecule has 0 saturated carbocycles. The molecule has 108 valence electrons. The minimum atomic E-state index is -3.39. The number of benzene rings is 1. The Balaban J connectivity index is 1.79. The van der Waals surface area contributed by atoms with Crippen molar-refractivity contribution in [2.75, 3.05) is 18.1 Å². The molecule has 0 aliphatic heterocycles. The highest BCUT2D eigenvalue weighted by Crippen LogP contribution is 2.19. The summed E-state index contributed by atoms with van der Waals surface area (Å²) in [5.74, 6) is 0.356. The van der Waals surface area contributed by atoms with Gasteiger partial charge in [-0.1, -0.05) is 12.1 Å². The quantitative estimate of drug-likeness (QED) is 0.750. The van der Waals surface area contributed by atoms with Crippen molar-refractivity contribution < 1.29 is 13.2 Å². The molecule has 20 heavy (non-hydrogen) atoms. The third kappa shape index (κ3) is 4.48. The number of anilines is 1. The van der Waals surface area contributed by atoms with Crippen molar-refractivity contribution in [1.82, 2.24) is 9.71 Å². The number of para-hydroxylation sites is 2. The van der Waals surface area contributed by atoms with Crippen molar-refractivity contribution in [1.29, 1.82) is 0 Å². The Hall–Kier alpha value is -1.64. The second kappa shape index (κ2) is 6.69. The van der Waals surface area contributed by atoms with E-state index in [2.05, 4.69) is 9.71 Å². The first kappa shape index (κ1) is 14.8. The van der Waals surface area contributed by atoms with Crippen molar-refractivity contribution in [3.63, 3.8) is 0 Å². The number of nitrogens with one attached hydrogen (secondary N) is 1. The number of hydrogen-bond donors (Lipinski definition) is 2. The number of nitrogens with two attached hydrogens (primary N) is 1. The summed E-state index contributed by atoms with van der Waals surface area (Å²) in [6, 6.07) is 6.96. The van der Waals surface area contributed by atoms with E-state index in [0.717, 1.165) is 5.01 Å². The van der Waals surface area contributed by atoms with Crippen LogP contribution in [-0.4, -0.2) is 25.8 Å². The lowest BCUT2D eigenvalue weighted by atomic mass is 10.3. The minimum absolute atomic E-state index is 0.0431. The fourth-order valence-electron chi connectivity index (χ4n) is 1.46. The van der Waals surface area contributed by atoms with Crippen LogP contribution < -0.4 is 15.2 Å². The molecule has 6 nitrogen and oxygen atoms in total. The van der Waals surface area contributed by atoms with Gasteiger partial charge in [0.05, 0.1) is 18.0 Å². The van der Waals surface area contributed by atoms with Crippen molar-refractivity contribution >= 4 is 27.0 Å². The highest BCUT2D eigenvalue weighted by atomic mass is 32.2. The second-order valence-corrected chi connectivity index (χ2v) is 6.86. The van der Waals surface area contributed by atoms with Crippen LogP contribution in [0.2, 0.25) is 0 Å². The molecule has 0 bridgehead atoms. The van der Waals surface area contributed by atoms with Gasteiger partial charge in [-0.2, -0.15) is 0 Å². The van der Waals surface area contributed by atoms with E-state index in [1.165, 1.54) is 11.3 Å². The van der Waals surface area contributed by atoms with Gasteiger partial charge in [-0.25, -0.2) is 18.1 Å². The number of thiazole rings is 1. The maximum absolute atomic E-state index is 11.8. The number of hydrogen-bond acceptors (Lipinski definition) is 6. The average molecular weight is 313 g/mol. The molecule has 2 rings (SSSR count). The first-order valence-electron chi connectivity index (χ1n) is 5.90. The van der Waals surface area contributed by atoms with Gasteiger partial charge in [0.1, 0.15) is 17.4 Å². The van der Waals surface area contributed by atoms with E-state index in [-0.39, 0.29) is 18.9 Å². The van der Waals surface area contributed by atoms with Crippen LogP contribution in [0.15, 0.2) is 35.8 Å². The predicted molar refractivity (Wildman–Crippen MR) is 79.1 cm³/mol. The van der Waals surface area contributed by atoms with Gasteiger partial charge in [0, 0.05) is 11.6 Å². The topological polar surface area (TPSA) is 94.3 Å². The van der Waals surface area contributed by atoms with Gasteiger partial charge >= 0.3 is 0 Å². The summed E-state index contributed by atoms with van der Waals surface area (Å²) in [4.78, 5) is 4.00. The van der Waals surface area contributed by atoms with Gasteiger partial charge in [-0.3, -0.25) is 0 Å². The van der Waals surface area contributed by atoms with Crippen LogP contribution in [0.5, 0.6) is 5.75 Å². The van der Waals surface area contributed by atoms with Crippen molar-refractivity contribution in [2.24, 2.45) is 0 Å². The zero-order valence-corrected chi connectivity index (χ0v) is 12.3. The number of aromatic nitrogens is 1. The van der Waals surface area contributed by atoms with E-state index in [1.54, 1.807) is 35.8 Å². The van der Waals surface area contributed by atoms with Gasteiger partial charge in [0.15, 0.2) is 0 Å². The molecule has 0 unspecified atom stereocenters. The fourth-order valence-corrected chi connectivity index (χ4v) is 2.91. The van der Waals surface area contributed by atoms with E-state index in [1.807, 2.05) is 0 Å². The molecule has 1 aromatic carbocycles. The summed E-state index contributed by atoms with van der Waals surface area (Å²) in [6.45, 7) is 0.245. The molecule has 0 spiro atoms. The molecule has 0 atom stereocenters. The molecule has 1 aromatic heterocycles. The van der Waals surface area contributed by atoms with E-state index in [4.69, 9.17) is 10.5 Å². The van der Waals surface area contributed by atoms with Crippen LogP contribution in [0.3, 0.4) is 0 Å². The van der Waals surface area contributed by atoms with Crippen LogP contribution in [-0.2, 0) is 16.6 Å². The lowest BCUT2D eigenvalue weighted by molar-refractivity contribution is 0.342. The van der Waals surface area contributed by atoms with Gasteiger partial charge in [0.25, 0.3) is 0 Å². The van der Waals surface area contributed by atoms with E-state index >= 15 is 0 Å². The third-order valence-corrected chi connectivity index (χ3v) is 4.52. The Morgan fingerprint density at radius 1 is 1.35 bits per heavy atom. The lowest BCUT2D eigenvalue weighted by Crippen LogP contribution is -2.28. The van der Waals surface area contributed by atoms with Gasteiger partial charge in [-0.05, 0) is 12.1 Å². The second-order valence-electron chi connectivity index (χ2n) is 3.95. The van der Waals surface area contributed by atoms with Gasteiger partial charge < -0.3 is 10.5 Å². The lowest BCUT2D eigenvalue weighted by Gasteiger charge is -2.09. The molecule has 1 heterocycles. The Bertz CT molecular complexity index is 642. The predicted octanol–water partition coefficient (Wildman–Crippen LogP) is 1.22. The molecular formula is C12H15N3O3S2. The van der Waals surface area contributed by atoms with Crippen LogP contribution in [0.25, 0.3) is 0 Å². The van der Waals surface area contributed by atoms with Gasteiger partial charge in [-0.15, -0.1) is 11.3 Å². The van der Waals surface area contributed by atoms with E-state index < -0.39 is 10.0 Å². The molecule has 3 N–H and O–H groups in total. The smallest absolute Gasteiger partial charge is 0.215 e. The zero-order chi connectivity index (χ0) is 14.4. The fraction of sp³-hybridized carbons (Fsp3) is 0.250. The highest BCUT2D eigenvalue weighted by Gasteiger charge is 2.11. The summed E-state index contributed by atoms with van der Waals surface area (Å²) < 4.78 is 31.3. The molecule has 2 aromatic rings. The number of rotatable bonds is 7. The molecule has 0 aliphatic carbocycles. The first-order valence-corrected chi connectivity index (χ1v) is 8.43. The molecule has 0 amide bonds. The number of ether oxygens (including phenoxy) is 1.